The van der Waals surface area contributed by atoms with Crippen LogP contribution in [0, 0.1) is 16.0 Å². The van der Waals surface area contributed by atoms with Crippen molar-refractivity contribution < 1.29 is 4.92 Å². The average Bonchev–Trinajstić information content (AvgIpc) is 3.12. The van der Waals surface area contributed by atoms with Gasteiger partial charge in [-0.15, -0.1) is 11.3 Å². The highest BCUT2D eigenvalue weighted by Gasteiger charge is 2.19. The maximum absolute atomic E-state index is 11.4. The molecule has 0 aliphatic heterocycles. The van der Waals surface area contributed by atoms with E-state index in [0.717, 1.165) is 22.6 Å². The lowest BCUT2D eigenvalue weighted by Gasteiger charge is -2.23. The maximum Gasteiger partial charge on any atom is 0.294 e. The van der Waals surface area contributed by atoms with Crippen LogP contribution in [0.3, 0.4) is 0 Å². The van der Waals surface area contributed by atoms with Crippen LogP contribution in [-0.2, 0) is 6.54 Å². The topological polar surface area (TPSA) is 60.4 Å². The van der Waals surface area contributed by atoms with Crippen molar-refractivity contribution in [1.82, 2.24) is 4.57 Å². The van der Waals surface area contributed by atoms with Crippen molar-refractivity contribution in [3.63, 3.8) is 0 Å². The van der Waals surface area contributed by atoms with Crippen LogP contribution in [0.25, 0.3) is 11.3 Å². The van der Waals surface area contributed by atoms with Crippen molar-refractivity contribution in [2.24, 2.45) is 10.9 Å². The molecule has 1 aliphatic carbocycles. The van der Waals surface area contributed by atoms with Gasteiger partial charge in [-0.05, 0) is 43.0 Å². The summed E-state index contributed by atoms with van der Waals surface area (Å²) in [5.41, 5.74) is 2.14. The molecule has 1 aromatic heterocycles. The zero-order valence-electron chi connectivity index (χ0n) is 16.3. The van der Waals surface area contributed by atoms with Crippen LogP contribution in [0.5, 0.6) is 0 Å². The van der Waals surface area contributed by atoms with Crippen LogP contribution in [0.2, 0.25) is 10.0 Å². The maximum atomic E-state index is 11.4. The molecule has 30 heavy (non-hydrogen) atoms. The summed E-state index contributed by atoms with van der Waals surface area (Å²) >= 11 is 14.2. The molecular formula is C22H21Cl2N3O2S. The third-order valence-corrected chi connectivity index (χ3v) is 6.89. The van der Waals surface area contributed by atoms with Gasteiger partial charge in [0.25, 0.3) is 5.69 Å². The van der Waals surface area contributed by atoms with Crippen molar-refractivity contribution in [3.05, 3.63) is 72.8 Å². The molecule has 0 amide bonds. The molecule has 2 aromatic carbocycles. The zero-order chi connectivity index (χ0) is 21.1. The highest BCUT2D eigenvalue weighted by Crippen LogP contribution is 2.33. The summed E-state index contributed by atoms with van der Waals surface area (Å²) in [6, 6.07) is 12.0. The van der Waals surface area contributed by atoms with Crippen molar-refractivity contribution in [2.75, 3.05) is 0 Å². The van der Waals surface area contributed by atoms with E-state index in [0.29, 0.717) is 21.7 Å². The molecule has 1 fully saturated rings. The van der Waals surface area contributed by atoms with Crippen molar-refractivity contribution in [1.29, 1.82) is 0 Å². The lowest BCUT2D eigenvalue weighted by atomic mass is 9.89. The zero-order valence-corrected chi connectivity index (χ0v) is 18.6. The summed E-state index contributed by atoms with van der Waals surface area (Å²) in [5, 5.41) is 14.7. The number of benzene rings is 2. The van der Waals surface area contributed by atoms with Crippen LogP contribution in [0.1, 0.15) is 32.1 Å². The van der Waals surface area contributed by atoms with Crippen molar-refractivity contribution >= 4 is 45.9 Å². The molecule has 1 aliphatic rings. The van der Waals surface area contributed by atoms with Gasteiger partial charge in [-0.1, -0.05) is 54.6 Å². The Morgan fingerprint density at radius 2 is 1.90 bits per heavy atom. The van der Waals surface area contributed by atoms with Gasteiger partial charge in [0, 0.05) is 28.6 Å². The number of hydrogen-bond donors (Lipinski definition) is 0. The molecule has 1 heterocycles. The van der Waals surface area contributed by atoms with Crippen LogP contribution in [0.4, 0.5) is 11.4 Å². The number of hydrogen-bond acceptors (Lipinski definition) is 4. The van der Waals surface area contributed by atoms with Crippen molar-refractivity contribution in [2.45, 2.75) is 38.6 Å². The molecule has 3 aromatic rings. The first-order valence-corrected chi connectivity index (χ1v) is 11.6. The highest BCUT2D eigenvalue weighted by molar-refractivity contribution is 7.07. The van der Waals surface area contributed by atoms with E-state index in [2.05, 4.69) is 9.56 Å². The Labute approximate surface area is 188 Å². The Morgan fingerprint density at radius 3 is 2.67 bits per heavy atom. The normalized spacial score (nSPS) is 15.5. The van der Waals surface area contributed by atoms with Gasteiger partial charge in [0.05, 0.1) is 15.6 Å². The third-order valence-electron chi connectivity index (χ3n) is 5.46. The van der Waals surface area contributed by atoms with Gasteiger partial charge < -0.3 is 4.57 Å². The Hall–Kier alpha value is -2.15. The lowest BCUT2D eigenvalue weighted by molar-refractivity contribution is -0.384. The Bertz CT molecular complexity index is 1130. The second kappa shape index (κ2) is 9.33. The van der Waals surface area contributed by atoms with E-state index in [1.807, 2.05) is 11.4 Å². The van der Waals surface area contributed by atoms with E-state index in [1.165, 1.54) is 49.5 Å². The molecular weight excluding hydrogens is 441 g/mol. The highest BCUT2D eigenvalue weighted by atomic mass is 35.5. The number of halogens is 2. The fourth-order valence-electron chi connectivity index (χ4n) is 3.95. The Morgan fingerprint density at radius 1 is 1.13 bits per heavy atom. The minimum absolute atomic E-state index is 0.00236. The second-order valence-electron chi connectivity index (χ2n) is 7.50. The summed E-state index contributed by atoms with van der Waals surface area (Å²) in [7, 11) is 0. The van der Waals surface area contributed by atoms with E-state index < -0.39 is 4.92 Å². The van der Waals surface area contributed by atoms with E-state index in [-0.39, 0.29) is 5.69 Å². The van der Waals surface area contributed by atoms with Gasteiger partial charge in [0.1, 0.15) is 5.69 Å². The first-order chi connectivity index (χ1) is 14.5. The average molecular weight is 462 g/mol. The molecule has 0 N–H and O–H groups in total. The number of nitro benzene ring substituents is 1. The lowest BCUT2D eigenvalue weighted by Crippen LogP contribution is -2.22. The number of aromatic nitrogens is 1. The predicted octanol–water partition coefficient (Wildman–Crippen LogP) is 7.24. The van der Waals surface area contributed by atoms with Gasteiger partial charge in [-0.2, -0.15) is 0 Å². The van der Waals surface area contributed by atoms with Gasteiger partial charge >= 0.3 is 0 Å². The molecule has 0 unspecified atom stereocenters. The van der Waals surface area contributed by atoms with E-state index in [4.69, 9.17) is 23.2 Å². The second-order valence-corrected chi connectivity index (χ2v) is 9.18. The first kappa shape index (κ1) is 21.1. The summed E-state index contributed by atoms with van der Waals surface area (Å²) in [5.74, 6) is 0.551. The SMILES string of the molecule is O=[N+]([O-])c1ccccc1N=c1scc(-c2cc(Cl)ccc2Cl)n1CC1CCCCC1. The van der Waals surface area contributed by atoms with E-state index in [9.17, 15) is 10.1 Å². The molecule has 8 heteroatoms. The van der Waals surface area contributed by atoms with Crippen LogP contribution in [-0.4, -0.2) is 9.49 Å². The number of thiazole rings is 1. The summed E-state index contributed by atoms with van der Waals surface area (Å²) in [6.07, 6.45) is 6.11. The summed E-state index contributed by atoms with van der Waals surface area (Å²) in [6.45, 7) is 0.807. The third kappa shape index (κ3) is 4.61. The molecule has 1 saturated carbocycles. The van der Waals surface area contributed by atoms with E-state index in [1.54, 1.807) is 30.3 Å². The van der Waals surface area contributed by atoms with Crippen molar-refractivity contribution in [3.8, 4) is 11.3 Å². The molecule has 5 nitrogen and oxygen atoms in total. The molecule has 0 atom stereocenters. The summed E-state index contributed by atoms with van der Waals surface area (Å²) < 4.78 is 2.15. The molecule has 0 radical (unpaired) electrons. The monoisotopic (exact) mass is 461 g/mol. The standard InChI is InChI=1S/C22H21Cl2N3O2S/c23-16-10-11-18(24)17(12-16)21-14-30-22(26(21)13-15-6-2-1-3-7-15)25-19-8-4-5-9-20(19)27(28)29/h4-5,8-12,14-15H,1-3,6-7,13H2. The van der Waals surface area contributed by atoms with Gasteiger partial charge in [-0.25, -0.2) is 4.99 Å². The fourth-order valence-corrected chi connectivity index (χ4v) is 5.26. The van der Waals surface area contributed by atoms with Gasteiger partial charge in [-0.3, -0.25) is 10.1 Å². The van der Waals surface area contributed by atoms with Crippen LogP contribution < -0.4 is 4.80 Å². The minimum atomic E-state index is -0.396. The number of rotatable bonds is 5. The Balaban J connectivity index is 1.86. The van der Waals surface area contributed by atoms with Crippen LogP contribution >= 0.6 is 34.5 Å². The Kier molecular flexibility index (Phi) is 6.56. The molecule has 0 bridgehead atoms. The molecule has 0 saturated heterocycles. The quantitative estimate of drug-likeness (QED) is 0.296. The molecule has 4 rings (SSSR count). The van der Waals surface area contributed by atoms with Crippen LogP contribution in [0.15, 0.2) is 52.8 Å². The molecule has 156 valence electrons. The number of nitrogens with zero attached hydrogens (tertiary/aromatic N) is 3. The predicted molar refractivity (Wildman–Crippen MR) is 123 cm³/mol. The molecule has 0 spiro atoms. The van der Waals surface area contributed by atoms with Gasteiger partial charge in [0.15, 0.2) is 4.80 Å². The number of para-hydroxylation sites is 2. The first-order valence-electron chi connectivity index (χ1n) is 9.95. The fraction of sp³-hybridized carbons (Fsp3) is 0.318. The number of nitro groups is 1. The smallest absolute Gasteiger partial charge is 0.294 e. The minimum Gasteiger partial charge on any atom is -0.316 e. The van der Waals surface area contributed by atoms with Gasteiger partial charge in [0.2, 0.25) is 0 Å². The van der Waals surface area contributed by atoms with E-state index >= 15 is 0 Å². The summed E-state index contributed by atoms with van der Waals surface area (Å²) in [4.78, 5) is 16.4. The largest absolute Gasteiger partial charge is 0.316 e.